The first-order valence-electron chi connectivity index (χ1n) is 9.23. The standard InChI is InChI=1S/C20H25F3N2O3/c1-13(20(21,22)23)15-5-6-24(16(26)7-15)10-14-8-19(9-14)11-25(12-19)17(27)28-18(2,3)4/h5-7,14H,1,8-12H2,2-4H3. The molecule has 1 amide bonds. The third-order valence-corrected chi connectivity index (χ3v) is 5.29. The van der Waals surface area contributed by atoms with Gasteiger partial charge in [-0.2, -0.15) is 13.2 Å². The second-order valence-corrected chi connectivity index (χ2v) is 8.99. The Kier molecular flexibility index (Phi) is 4.88. The Balaban J connectivity index is 1.51. The van der Waals surface area contributed by atoms with Crippen molar-refractivity contribution in [1.82, 2.24) is 9.47 Å². The lowest BCUT2D eigenvalue weighted by Gasteiger charge is -2.58. The molecular formula is C20H25F3N2O3. The van der Waals surface area contributed by atoms with Crippen LogP contribution in [0.25, 0.3) is 5.57 Å². The number of hydrogen-bond donors (Lipinski definition) is 0. The van der Waals surface area contributed by atoms with Crippen molar-refractivity contribution < 1.29 is 22.7 Å². The van der Waals surface area contributed by atoms with Crippen LogP contribution in [-0.2, 0) is 11.3 Å². The number of aromatic nitrogens is 1. The average molecular weight is 398 g/mol. The van der Waals surface area contributed by atoms with Crippen LogP contribution in [0, 0.1) is 11.3 Å². The molecule has 0 aromatic carbocycles. The van der Waals surface area contributed by atoms with Gasteiger partial charge in [-0.15, -0.1) is 0 Å². The molecule has 1 aromatic rings. The summed E-state index contributed by atoms with van der Waals surface area (Å²) in [5.74, 6) is 0.273. The molecule has 2 fully saturated rings. The number of hydrogen-bond acceptors (Lipinski definition) is 3. The second-order valence-electron chi connectivity index (χ2n) is 8.99. The summed E-state index contributed by atoms with van der Waals surface area (Å²) in [5, 5.41) is 0. The molecule has 2 aliphatic rings. The van der Waals surface area contributed by atoms with E-state index in [-0.39, 0.29) is 23.0 Å². The van der Waals surface area contributed by atoms with Crippen molar-refractivity contribution in [2.75, 3.05) is 13.1 Å². The van der Waals surface area contributed by atoms with Gasteiger partial charge in [-0.25, -0.2) is 4.79 Å². The van der Waals surface area contributed by atoms with Gasteiger partial charge in [0.25, 0.3) is 5.56 Å². The number of ether oxygens (including phenoxy) is 1. The van der Waals surface area contributed by atoms with Gasteiger partial charge in [-0.3, -0.25) is 4.79 Å². The number of allylic oxidation sites excluding steroid dienone is 1. The van der Waals surface area contributed by atoms with Gasteiger partial charge < -0.3 is 14.2 Å². The molecule has 0 N–H and O–H groups in total. The third-order valence-electron chi connectivity index (χ3n) is 5.29. The Labute approximate surface area is 161 Å². The van der Waals surface area contributed by atoms with Crippen LogP contribution < -0.4 is 5.56 Å². The highest BCUT2D eigenvalue weighted by Gasteiger charge is 2.54. The molecule has 0 bridgehead atoms. The minimum Gasteiger partial charge on any atom is -0.444 e. The maximum atomic E-state index is 12.7. The highest BCUT2D eigenvalue weighted by atomic mass is 19.4. The number of halogens is 3. The third kappa shape index (κ3) is 4.25. The molecule has 1 aliphatic heterocycles. The van der Waals surface area contributed by atoms with E-state index in [1.807, 2.05) is 20.8 Å². The van der Waals surface area contributed by atoms with E-state index in [2.05, 4.69) is 6.58 Å². The first-order valence-corrected chi connectivity index (χ1v) is 9.23. The SMILES string of the molecule is C=C(c1ccn(CC2CC3(C2)CN(C(=O)OC(C)(C)C)C3)c(=O)c1)C(F)(F)F. The van der Waals surface area contributed by atoms with E-state index in [0.29, 0.717) is 19.6 Å². The molecule has 28 heavy (non-hydrogen) atoms. The largest absolute Gasteiger partial charge is 0.444 e. The maximum absolute atomic E-state index is 12.7. The van der Waals surface area contributed by atoms with Crippen LogP contribution in [0.15, 0.2) is 29.7 Å². The van der Waals surface area contributed by atoms with Crippen LogP contribution in [0.4, 0.5) is 18.0 Å². The van der Waals surface area contributed by atoms with E-state index in [9.17, 15) is 22.8 Å². The van der Waals surface area contributed by atoms with Gasteiger partial charge in [0.05, 0.1) is 5.57 Å². The maximum Gasteiger partial charge on any atom is 0.416 e. The Morgan fingerprint density at radius 2 is 1.89 bits per heavy atom. The quantitative estimate of drug-likeness (QED) is 0.771. The van der Waals surface area contributed by atoms with Gasteiger partial charge in [-0.05, 0) is 51.2 Å². The zero-order valence-electron chi connectivity index (χ0n) is 16.3. The fraction of sp³-hybridized carbons (Fsp3) is 0.600. The summed E-state index contributed by atoms with van der Waals surface area (Å²) in [7, 11) is 0. The summed E-state index contributed by atoms with van der Waals surface area (Å²) >= 11 is 0. The van der Waals surface area contributed by atoms with E-state index in [1.54, 1.807) is 4.90 Å². The first-order chi connectivity index (χ1) is 12.8. The molecule has 0 atom stereocenters. The number of carbonyl (C=O) groups is 1. The minimum absolute atomic E-state index is 0.0929. The van der Waals surface area contributed by atoms with Crippen LogP contribution in [0.2, 0.25) is 0 Å². The van der Waals surface area contributed by atoms with Crippen molar-refractivity contribution in [3.63, 3.8) is 0 Å². The molecule has 1 aliphatic carbocycles. The Morgan fingerprint density at radius 3 is 2.39 bits per heavy atom. The van der Waals surface area contributed by atoms with Gasteiger partial charge in [0.15, 0.2) is 0 Å². The summed E-state index contributed by atoms with van der Waals surface area (Å²) in [5.41, 5.74) is -2.11. The van der Waals surface area contributed by atoms with Crippen LogP contribution in [0.5, 0.6) is 0 Å². The zero-order valence-corrected chi connectivity index (χ0v) is 16.3. The highest BCUT2D eigenvalue weighted by Crippen LogP contribution is 2.52. The molecule has 1 saturated heterocycles. The van der Waals surface area contributed by atoms with Crippen molar-refractivity contribution in [3.05, 3.63) is 40.8 Å². The van der Waals surface area contributed by atoms with Gasteiger partial charge in [0, 0.05) is 37.3 Å². The van der Waals surface area contributed by atoms with Crippen molar-refractivity contribution in [1.29, 1.82) is 0 Å². The van der Waals surface area contributed by atoms with E-state index in [0.717, 1.165) is 18.9 Å². The monoisotopic (exact) mass is 398 g/mol. The normalized spacial score (nSPS) is 19.1. The van der Waals surface area contributed by atoms with Crippen molar-refractivity contribution in [3.8, 4) is 0 Å². The van der Waals surface area contributed by atoms with Crippen LogP contribution in [0.1, 0.15) is 39.2 Å². The predicted molar refractivity (Wildman–Crippen MR) is 98.8 cm³/mol. The molecule has 0 unspecified atom stereocenters. The van der Waals surface area contributed by atoms with Crippen LogP contribution in [-0.4, -0.2) is 40.4 Å². The van der Waals surface area contributed by atoms with E-state index >= 15 is 0 Å². The summed E-state index contributed by atoms with van der Waals surface area (Å²) in [6, 6.07) is 2.26. The Bertz CT molecular complexity index is 837. The van der Waals surface area contributed by atoms with Gasteiger partial charge in [0.1, 0.15) is 5.60 Å². The summed E-state index contributed by atoms with van der Waals surface area (Å²) < 4.78 is 44.9. The second kappa shape index (κ2) is 6.67. The zero-order chi connectivity index (χ0) is 20.9. The molecule has 1 saturated carbocycles. The molecule has 5 nitrogen and oxygen atoms in total. The number of pyridine rings is 1. The van der Waals surface area contributed by atoms with Gasteiger partial charge in [-0.1, -0.05) is 6.58 Å². The predicted octanol–water partition coefficient (Wildman–Crippen LogP) is 4.07. The minimum atomic E-state index is -4.55. The number of nitrogens with zero attached hydrogens (tertiary/aromatic N) is 2. The lowest BCUT2D eigenvalue weighted by atomic mass is 9.58. The molecule has 3 rings (SSSR count). The van der Waals surface area contributed by atoms with Crippen molar-refractivity contribution in [2.24, 2.45) is 11.3 Å². The molecule has 0 radical (unpaired) electrons. The summed E-state index contributed by atoms with van der Waals surface area (Å²) in [6.45, 7) is 10.3. The molecule has 2 heterocycles. The highest BCUT2D eigenvalue weighted by molar-refractivity contribution is 5.69. The number of alkyl halides is 3. The van der Waals surface area contributed by atoms with Gasteiger partial charge >= 0.3 is 12.3 Å². The summed E-state index contributed by atoms with van der Waals surface area (Å²) in [4.78, 5) is 25.9. The van der Waals surface area contributed by atoms with E-state index in [1.165, 1.54) is 16.8 Å². The van der Waals surface area contributed by atoms with E-state index < -0.39 is 22.9 Å². The first kappa shape index (κ1) is 20.5. The molecular weight excluding hydrogens is 373 g/mol. The van der Waals surface area contributed by atoms with Crippen molar-refractivity contribution in [2.45, 2.75) is 51.9 Å². The Morgan fingerprint density at radius 1 is 1.29 bits per heavy atom. The number of likely N-dealkylation sites (tertiary alicyclic amines) is 1. The smallest absolute Gasteiger partial charge is 0.416 e. The van der Waals surface area contributed by atoms with Crippen molar-refractivity contribution >= 4 is 11.7 Å². The summed E-state index contributed by atoms with van der Waals surface area (Å²) in [6.07, 6.45) is -1.69. The van der Waals surface area contributed by atoms with Crippen LogP contribution in [0.3, 0.4) is 0 Å². The number of amides is 1. The molecule has 154 valence electrons. The molecule has 1 aromatic heterocycles. The fourth-order valence-electron chi connectivity index (χ4n) is 4.06. The fourth-order valence-corrected chi connectivity index (χ4v) is 4.06. The number of rotatable bonds is 3. The lowest BCUT2D eigenvalue weighted by molar-refractivity contribution is -0.0982. The molecule has 1 spiro atoms. The van der Waals surface area contributed by atoms with E-state index in [4.69, 9.17) is 4.74 Å². The topological polar surface area (TPSA) is 51.5 Å². The number of carbonyl (C=O) groups excluding carboxylic acids is 1. The average Bonchev–Trinajstić information content (AvgIpc) is 2.45. The molecule has 8 heteroatoms. The van der Waals surface area contributed by atoms with Crippen LogP contribution >= 0.6 is 0 Å². The lowest BCUT2D eigenvalue weighted by Crippen LogP contribution is -2.64. The van der Waals surface area contributed by atoms with Gasteiger partial charge in [0.2, 0.25) is 0 Å². The Hall–Kier alpha value is -2.25.